The van der Waals surface area contributed by atoms with E-state index in [0.29, 0.717) is 26.1 Å². The molecule has 0 unspecified atom stereocenters. The first-order valence-electron chi connectivity index (χ1n) is 25.0. The Morgan fingerprint density at radius 1 is 0.315 bits per heavy atom. The van der Waals surface area contributed by atoms with Crippen molar-refractivity contribution >= 4 is 11.9 Å². The van der Waals surface area contributed by atoms with E-state index in [1.54, 1.807) is 0 Å². The summed E-state index contributed by atoms with van der Waals surface area (Å²) >= 11 is 0. The second-order valence-corrected chi connectivity index (χ2v) is 17.6. The summed E-state index contributed by atoms with van der Waals surface area (Å²) in [5.41, 5.74) is -1.01. The molecule has 0 aliphatic heterocycles. The summed E-state index contributed by atoms with van der Waals surface area (Å²) in [6, 6.07) is 0. The van der Waals surface area contributed by atoms with E-state index in [2.05, 4.69) is 13.8 Å². The van der Waals surface area contributed by atoms with Gasteiger partial charge in [0, 0.05) is 0 Å². The third-order valence-corrected chi connectivity index (χ3v) is 12.5. The summed E-state index contributed by atoms with van der Waals surface area (Å²) in [7, 11) is 0. The van der Waals surface area contributed by atoms with Crippen molar-refractivity contribution in [1.29, 1.82) is 0 Å². The first-order chi connectivity index (χ1) is 26.7. The van der Waals surface area contributed by atoms with E-state index in [0.717, 1.165) is 32.1 Å². The van der Waals surface area contributed by atoms with Crippen LogP contribution in [0.5, 0.6) is 0 Å². The summed E-state index contributed by atoms with van der Waals surface area (Å²) in [5, 5.41) is 0. The standard InChI is InChI=1S/C50H96O4/c1-3-5-7-9-11-13-15-17-19-21-23-25-27-29-31-33-35-37-39-41-46-53-48(51)50(44-43-45-50)49(52)54-47-42-40-38-36-34-32-30-28-26-24-22-20-18-16-14-12-10-8-6-4-2/h3-47H2,1-2H3. The van der Waals surface area contributed by atoms with Crippen LogP contribution in [0.3, 0.4) is 0 Å². The lowest BCUT2D eigenvalue weighted by molar-refractivity contribution is -0.179. The number of rotatable bonds is 44. The van der Waals surface area contributed by atoms with Gasteiger partial charge in [-0.05, 0) is 32.1 Å². The predicted octanol–water partition coefficient (Wildman–Crippen LogP) is 16.9. The van der Waals surface area contributed by atoms with Gasteiger partial charge in [0.2, 0.25) is 0 Å². The molecule has 0 radical (unpaired) electrons. The third kappa shape index (κ3) is 30.1. The zero-order chi connectivity index (χ0) is 38.9. The molecule has 1 rings (SSSR count). The highest BCUT2D eigenvalue weighted by Crippen LogP contribution is 2.43. The number of carbonyl (C=O) groups is 2. The minimum atomic E-state index is -1.01. The highest BCUT2D eigenvalue weighted by atomic mass is 16.6. The smallest absolute Gasteiger partial charge is 0.323 e. The first kappa shape index (κ1) is 51.0. The lowest BCUT2D eigenvalue weighted by atomic mass is 9.69. The molecule has 1 fully saturated rings. The minimum absolute atomic E-state index is 0.333. The van der Waals surface area contributed by atoms with Gasteiger partial charge in [-0.1, -0.05) is 258 Å². The fourth-order valence-electron chi connectivity index (χ4n) is 8.34. The molecule has 0 bridgehead atoms. The Kier molecular flexibility index (Phi) is 37.9. The monoisotopic (exact) mass is 761 g/mol. The number of ether oxygens (including phenoxy) is 2. The van der Waals surface area contributed by atoms with E-state index in [9.17, 15) is 9.59 Å². The molecule has 0 heterocycles. The molecule has 1 aliphatic rings. The van der Waals surface area contributed by atoms with E-state index in [1.807, 2.05) is 0 Å². The van der Waals surface area contributed by atoms with Crippen LogP contribution in [0.4, 0.5) is 0 Å². The van der Waals surface area contributed by atoms with Crippen molar-refractivity contribution < 1.29 is 19.1 Å². The molecule has 0 N–H and O–H groups in total. The van der Waals surface area contributed by atoms with Crippen molar-refractivity contribution in [2.24, 2.45) is 5.41 Å². The SMILES string of the molecule is CCCCCCCCCCCCCCCCCCCCCCOC(=O)C1(C(=O)OCCCCCCCCCCCCCCCCCCCCCC)CCC1. The normalized spacial score (nSPS) is 13.6. The molecule has 0 aromatic carbocycles. The maximum atomic E-state index is 12.9. The molecule has 0 aromatic rings. The van der Waals surface area contributed by atoms with Gasteiger partial charge in [0.25, 0.3) is 0 Å². The summed E-state index contributed by atoms with van der Waals surface area (Å²) in [5.74, 6) is -0.667. The molecule has 0 amide bonds. The van der Waals surface area contributed by atoms with Crippen molar-refractivity contribution in [1.82, 2.24) is 0 Å². The Morgan fingerprint density at radius 2 is 0.500 bits per heavy atom. The van der Waals surface area contributed by atoms with Crippen molar-refractivity contribution in [3.05, 3.63) is 0 Å². The van der Waals surface area contributed by atoms with Crippen molar-refractivity contribution in [3.8, 4) is 0 Å². The van der Waals surface area contributed by atoms with Gasteiger partial charge in [-0.3, -0.25) is 9.59 Å². The highest BCUT2D eigenvalue weighted by molar-refractivity contribution is 6.01. The largest absolute Gasteiger partial charge is 0.465 e. The average molecular weight is 761 g/mol. The zero-order valence-electron chi connectivity index (χ0n) is 37.0. The Hall–Kier alpha value is -1.06. The highest BCUT2D eigenvalue weighted by Gasteiger charge is 2.53. The van der Waals surface area contributed by atoms with Crippen molar-refractivity contribution in [3.63, 3.8) is 0 Å². The van der Waals surface area contributed by atoms with Crippen LogP contribution in [0.2, 0.25) is 0 Å². The molecule has 54 heavy (non-hydrogen) atoms. The Balaban J connectivity index is 1.85. The zero-order valence-corrected chi connectivity index (χ0v) is 37.0. The van der Waals surface area contributed by atoms with Gasteiger partial charge in [-0.15, -0.1) is 0 Å². The molecule has 0 aromatic heterocycles. The predicted molar refractivity (Wildman–Crippen MR) is 234 cm³/mol. The molecule has 1 saturated carbocycles. The number of hydrogen-bond acceptors (Lipinski definition) is 4. The van der Waals surface area contributed by atoms with E-state index < -0.39 is 5.41 Å². The maximum absolute atomic E-state index is 12.9. The van der Waals surface area contributed by atoms with Crippen LogP contribution >= 0.6 is 0 Å². The molecule has 320 valence electrons. The van der Waals surface area contributed by atoms with E-state index >= 15 is 0 Å². The Morgan fingerprint density at radius 3 is 0.667 bits per heavy atom. The van der Waals surface area contributed by atoms with Crippen LogP contribution in [0, 0.1) is 5.41 Å². The number of carbonyl (C=O) groups excluding carboxylic acids is 2. The third-order valence-electron chi connectivity index (χ3n) is 12.5. The summed E-state index contributed by atoms with van der Waals surface area (Å²) in [4.78, 5) is 25.8. The van der Waals surface area contributed by atoms with Crippen molar-refractivity contribution in [2.45, 2.75) is 290 Å². The maximum Gasteiger partial charge on any atom is 0.323 e. The fraction of sp³-hybridized carbons (Fsp3) is 0.960. The van der Waals surface area contributed by atoms with Crippen LogP contribution in [0.15, 0.2) is 0 Å². The molecule has 4 heteroatoms. The van der Waals surface area contributed by atoms with Gasteiger partial charge in [-0.2, -0.15) is 0 Å². The van der Waals surface area contributed by atoms with E-state index in [1.165, 1.54) is 231 Å². The van der Waals surface area contributed by atoms with Crippen LogP contribution in [0.25, 0.3) is 0 Å². The molecular weight excluding hydrogens is 665 g/mol. The summed E-state index contributed by atoms with van der Waals surface area (Å²) in [6.07, 6.45) is 56.3. The van der Waals surface area contributed by atoms with E-state index in [-0.39, 0.29) is 11.9 Å². The van der Waals surface area contributed by atoms with Gasteiger partial charge in [0.05, 0.1) is 13.2 Å². The van der Waals surface area contributed by atoms with Crippen LogP contribution in [0.1, 0.15) is 290 Å². The molecular formula is C50H96O4. The van der Waals surface area contributed by atoms with Crippen molar-refractivity contribution in [2.75, 3.05) is 13.2 Å². The fourth-order valence-corrected chi connectivity index (χ4v) is 8.34. The van der Waals surface area contributed by atoms with Gasteiger partial charge in [-0.25, -0.2) is 0 Å². The Labute approximate surface area is 338 Å². The topological polar surface area (TPSA) is 52.6 Å². The van der Waals surface area contributed by atoms with Crippen LogP contribution in [-0.4, -0.2) is 25.2 Å². The molecule has 1 aliphatic carbocycles. The molecule has 0 saturated heterocycles. The quantitative estimate of drug-likeness (QED) is 0.0352. The van der Waals surface area contributed by atoms with Crippen LogP contribution < -0.4 is 0 Å². The number of hydrogen-bond donors (Lipinski definition) is 0. The molecule has 4 nitrogen and oxygen atoms in total. The lowest BCUT2D eigenvalue weighted by Gasteiger charge is -2.36. The van der Waals surface area contributed by atoms with Crippen LogP contribution in [-0.2, 0) is 19.1 Å². The minimum Gasteiger partial charge on any atom is -0.465 e. The number of unbranched alkanes of at least 4 members (excludes halogenated alkanes) is 38. The first-order valence-corrected chi connectivity index (χ1v) is 25.0. The van der Waals surface area contributed by atoms with E-state index in [4.69, 9.17) is 9.47 Å². The lowest BCUT2D eigenvalue weighted by Crippen LogP contribution is -2.47. The summed E-state index contributed by atoms with van der Waals surface area (Å²) < 4.78 is 11.2. The van der Waals surface area contributed by atoms with Gasteiger partial charge < -0.3 is 9.47 Å². The van der Waals surface area contributed by atoms with Gasteiger partial charge in [0.1, 0.15) is 0 Å². The van der Waals surface area contributed by atoms with Gasteiger partial charge >= 0.3 is 11.9 Å². The molecule has 0 atom stereocenters. The molecule has 0 spiro atoms. The Bertz CT molecular complexity index is 729. The van der Waals surface area contributed by atoms with Gasteiger partial charge in [0.15, 0.2) is 5.41 Å². The number of esters is 2. The second-order valence-electron chi connectivity index (χ2n) is 17.6. The second kappa shape index (κ2) is 40.1. The summed E-state index contributed by atoms with van der Waals surface area (Å²) in [6.45, 7) is 5.46. The average Bonchev–Trinajstić information content (AvgIpc) is 3.15.